The van der Waals surface area contributed by atoms with Gasteiger partial charge in [-0.3, -0.25) is 4.79 Å². The number of rotatable bonds is 2. The van der Waals surface area contributed by atoms with Crippen molar-refractivity contribution >= 4 is 29.2 Å². The third-order valence-electron chi connectivity index (χ3n) is 2.40. The molecule has 1 aromatic carbocycles. The Labute approximate surface area is 104 Å². The van der Waals surface area contributed by atoms with Crippen molar-refractivity contribution in [1.82, 2.24) is 10.6 Å². The van der Waals surface area contributed by atoms with E-state index < -0.39 is 0 Å². The molecule has 1 aliphatic heterocycles. The lowest BCUT2D eigenvalue weighted by molar-refractivity contribution is -0.119. The average molecular weight is 254 g/mol. The summed E-state index contributed by atoms with van der Waals surface area (Å²) in [7, 11) is 0. The highest BCUT2D eigenvalue weighted by molar-refractivity contribution is 6.30. The molecule has 17 heavy (non-hydrogen) atoms. The summed E-state index contributed by atoms with van der Waals surface area (Å²) in [5.74, 6) is -0.0435. The molecule has 1 aliphatic rings. The quantitative estimate of drug-likeness (QED) is 0.745. The van der Waals surface area contributed by atoms with Crippen molar-refractivity contribution in [3.05, 3.63) is 29.3 Å². The minimum atomic E-state index is -0.339. The van der Waals surface area contributed by atoms with Gasteiger partial charge in [0.25, 0.3) is 0 Å². The van der Waals surface area contributed by atoms with E-state index in [1.165, 1.54) is 0 Å². The molecule has 1 saturated heterocycles. The molecule has 1 aromatic rings. The van der Waals surface area contributed by atoms with Crippen LogP contribution in [0.2, 0.25) is 5.02 Å². The summed E-state index contributed by atoms with van der Waals surface area (Å²) in [6.45, 7) is 0.474. The van der Waals surface area contributed by atoms with Gasteiger partial charge in [0.2, 0.25) is 5.91 Å². The normalized spacial score (nSPS) is 18.6. The van der Waals surface area contributed by atoms with Crippen LogP contribution in [0.4, 0.5) is 10.5 Å². The smallest absolute Gasteiger partial charge is 0.319 e. The van der Waals surface area contributed by atoms with Gasteiger partial charge in [-0.2, -0.15) is 0 Å². The highest BCUT2D eigenvalue weighted by Crippen LogP contribution is 2.14. The fourth-order valence-corrected chi connectivity index (χ4v) is 1.82. The highest BCUT2D eigenvalue weighted by atomic mass is 35.5. The molecule has 1 fully saturated rings. The van der Waals surface area contributed by atoms with Crippen LogP contribution in [-0.4, -0.2) is 24.5 Å². The summed E-state index contributed by atoms with van der Waals surface area (Å²) in [4.78, 5) is 22.5. The van der Waals surface area contributed by atoms with Crippen molar-refractivity contribution in [3.63, 3.8) is 0 Å². The second-order valence-corrected chi connectivity index (χ2v) is 4.25. The first-order chi connectivity index (χ1) is 8.13. The average Bonchev–Trinajstić information content (AvgIpc) is 2.63. The van der Waals surface area contributed by atoms with Crippen LogP contribution in [0.3, 0.4) is 0 Å². The number of amides is 3. The minimum absolute atomic E-state index is 0.0435. The summed E-state index contributed by atoms with van der Waals surface area (Å²) in [5, 5.41) is 8.55. The molecule has 1 atom stereocenters. The molecule has 2 rings (SSSR count). The van der Waals surface area contributed by atoms with Gasteiger partial charge in [0.1, 0.15) is 0 Å². The maximum absolute atomic E-state index is 11.6. The van der Waals surface area contributed by atoms with Gasteiger partial charge >= 0.3 is 6.03 Å². The molecule has 0 radical (unpaired) electrons. The number of halogens is 1. The van der Waals surface area contributed by atoms with Gasteiger partial charge in [0, 0.05) is 23.7 Å². The van der Waals surface area contributed by atoms with Crippen LogP contribution in [-0.2, 0) is 4.79 Å². The number of carbonyl (C=O) groups excluding carboxylic acids is 2. The van der Waals surface area contributed by atoms with Crippen molar-refractivity contribution in [3.8, 4) is 0 Å². The topological polar surface area (TPSA) is 70.2 Å². The van der Waals surface area contributed by atoms with Crippen molar-refractivity contribution < 1.29 is 9.59 Å². The zero-order valence-electron chi connectivity index (χ0n) is 9.00. The summed E-state index contributed by atoms with van der Waals surface area (Å²) in [6, 6.07) is 6.38. The predicted octanol–water partition coefficient (Wildman–Crippen LogP) is 1.35. The van der Waals surface area contributed by atoms with E-state index in [1.54, 1.807) is 24.3 Å². The second-order valence-electron chi connectivity index (χ2n) is 3.81. The zero-order chi connectivity index (χ0) is 12.3. The summed E-state index contributed by atoms with van der Waals surface area (Å²) in [6.07, 6.45) is 0.322. The van der Waals surface area contributed by atoms with Crippen LogP contribution >= 0.6 is 11.6 Å². The van der Waals surface area contributed by atoms with Gasteiger partial charge in [-0.1, -0.05) is 17.7 Å². The predicted molar refractivity (Wildman–Crippen MR) is 65.0 cm³/mol. The molecule has 90 valence electrons. The lowest BCUT2D eigenvalue weighted by Crippen LogP contribution is -2.39. The van der Waals surface area contributed by atoms with Gasteiger partial charge in [-0.25, -0.2) is 4.79 Å². The van der Waals surface area contributed by atoms with Crippen LogP contribution in [0.1, 0.15) is 6.42 Å². The number of anilines is 1. The lowest BCUT2D eigenvalue weighted by atomic mass is 10.2. The molecule has 0 aliphatic carbocycles. The fraction of sp³-hybridized carbons (Fsp3) is 0.273. The van der Waals surface area contributed by atoms with E-state index in [4.69, 9.17) is 11.6 Å². The first kappa shape index (κ1) is 11.7. The van der Waals surface area contributed by atoms with Crippen molar-refractivity contribution in [1.29, 1.82) is 0 Å². The van der Waals surface area contributed by atoms with E-state index in [0.717, 1.165) is 0 Å². The Hall–Kier alpha value is -1.75. The Morgan fingerprint density at radius 2 is 2.29 bits per heavy atom. The summed E-state index contributed by atoms with van der Waals surface area (Å²) < 4.78 is 0. The largest absolute Gasteiger partial charge is 0.354 e. The monoisotopic (exact) mass is 253 g/mol. The minimum Gasteiger partial charge on any atom is -0.354 e. The molecule has 6 heteroatoms. The Morgan fingerprint density at radius 3 is 2.94 bits per heavy atom. The number of carbonyl (C=O) groups is 2. The lowest BCUT2D eigenvalue weighted by Gasteiger charge is -2.11. The number of hydrogen-bond acceptors (Lipinski definition) is 2. The molecule has 3 N–H and O–H groups in total. The van der Waals surface area contributed by atoms with Gasteiger partial charge in [-0.05, 0) is 18.2 Å². The maximum atomic E-state index is 11.6. The van der Waals surface area contributed by atoms with Crippen LogP contribution < -0.4 is 16.0 Å². The molecule has 0 spiro atoms. The van der Waals surface area contributed by atoms with E-state index >= 15 is 0 Å². The first-order valence-electron chi connectivity index (χ1n) is 5.23. The van der Waals surface area contributed by atoms with Crippen molar-refractivity contribution in [2.75, 3.05) is 11.9 Å². The number of hydrogen-bond donors (Lipinski definition) is 3. The van der Waals surface area contributed by atoms with Crippen LogP contribution in [0, 0.1) is 0 Å². The Morgan fingerprint density at radius 1 is 1.47 bits per heavy atom. The Kier molecular flexibility index (Phi) is 3.49. The van der Waals surface area contributed by atoms with Crippen LogP contribution in [0.25, 0.3) is 0 Å². The zero-order valence-corrected chi connectivity index (χ0v) is 9.75. The van der Waals surface area contributed by atoms with E-state index in [1.807, 2.05) is 0 Å². The molecule has 0 aromatic heterocycles. The van der Waals surface area contributed by atoms with Crippen molar-refractivity contribution in [2.24, 2.45) is 0 Å². The second kappa shape index (κ2) is 5.05. The third-order valence-corrected chi connectivity index (χ3v) is 2.63. The molecule has 5 nitrogen and oxygen atoms in total. The van der Waals surface area contributed by atoms with E-state index in [2.05, 4.69) is 16.0 Å². The molecule has 0 bridgehead atoms. The van der Waals surface area contributed by atoms with Crippen LogP contribution in [0.5, 0.6) is 0 Å². The molecule has 1 unspecified atom stereocenters. The Bertz CT molecular complexity index is 450. The number of urea groups is 1. The molecule has 0 saturated carbocycles. The fourth-order valence-electron chi connectivity index (χ4n) is 1.63. The summed E-state index contributed by atoms with van der Waals surface area (Å²) in [5.41, 5.74) is 0.618. The number of nitrogens with one attached hydrogen (secondary N) is 3. The molecular formula is C11H12ClN3O2. The maximum Gasteiger partial charge on any atom is 0.319 e. The van der Waals surface area contributed by atoms with Gasteiger partial charge in [0.15, 0.2) is 0 Å². The van der Waals surface area contributed by atoms with E-state index in [9.17, 15) is 9.59 Å². The van der Waals surface area contributed by atoms with E-state index in [-0.39, 0.29) is 18.0 Å². The van der Waals surface area contributed by atoms with Crippen LogP contribution in [0.15, 0.2) is 24.3 Å². The molecular weight excluding hydrogens is 242 g/mol. The number of benzene rings is 1. The molecule has 1 heterocycles. The van der Waals surface area contributed by atoms with Gasteiger partial charge < -0.3 is 16.0 Å². The Balaban J connectivity index is 1.87. The SMILES string of the molecule is O=C1CC(NC(=O)Nc2cccc(Cl)c2)CN1. The first-order valence-corrected chi connectivity index (χ1v) is 5.61. The molecule has 3 amide bonds. The summed E-state index contributed by atoms with van der Waals surface area (Å²) >= 11 is 5.79. The third kappa shape index (κ3) is 3.35. The van der Waals surface area contributed by atoms with E-state index in [0.29, 0.717) is 23.7 Å². The van der Waals surface area contributed by atoms with Gasteiger partial charge in [0.05, 0.1) is 6.04 Å². The van der Waals surface area contributed by atoms with Gasteiger partial charge in [-0.15, -0.1) is 0 Å². The highest BCUT2D eigenvalue weighted by Gasteiger charge is 2.22. The standard InChI is InChI=1S/C11H12ClN3O2/c12-7-2-1-3-8(4-7)14-11(17)15-9-5-10(16)13-6-9/h1-4,9H,5-6H2,(H,13,16)(H2,14,15,17). The van der Waals surface area contributed by atoms with Crippen molar-refractivity contribution in [2.45, 2.75) is 12.5 Å².